The zero-order valence-electron chi connectivity index (χ0n) is 13.6. The fourth-order valence-electron chi connectivity index (χ4n) is 1.67. The Labute approximate surface area is 131 Å². The number of nitrogens with one attached hydrogen (secondary N) is 2. The van der Waals surface area contributed by atoms with Crippen LogP contribution in [0.25, 0.3) is 6.08 Å². The van der Waals surface area contributed by atoms with Crippen molar-refractivity contribution in [2.24, 2.45) is 5.92 Å². The summed E-state index contributed by atoms with van der Waals surface area (Å²) in [6.45, 7) is 6.29. The van der Waals surface area contributed by atoms with Gasteiger partial charge in [0, 0.05) is 12.6 Å². The Hall–Kier alpha value is -2.30. The van der Waals surface area contributed by atoms with E-state index >= 15 is 0 Å². The molecule has 0 fully saturated rings. The molecule has 22 heavy (non-hydrogen) atoms. The molecule has 1 atom stereocenters. The van der Waals surface area contributed by atoms with Gasteiger partial charge in [0.2, 0.25) is 11.8 Å². The minimum absolute atomic E-state index is 0.181. The van der Waals surface area contributed by atoms with Crippen LogP contribution in [0.5, 0.6) is 5.75 Å². The number of hydrogen-bond acceptors (Lipinski definition) is 3. The van der Waals surface area contributed by atoms with Crippen molar-refractivity contribution in [1.82, 2.24) is 10.6 Å². The molecule has 0 radical (unpaired) electrons. The van der Waals surface area contributed by atoms with Crippen LogP contribution in [-0.4, -0.2) is 31.5 Å². The molecule has 5 heteroatoms. The molecular formula is C17H24N2O3. The van der Waals surface area contributed by atoms with E-state index in [2.05, 4.69) is 10.6 Å². The van der Waals surface area contributed by atoms with Crippen molar-refractivity contribution in [2.75, 3.05) is 13.7 Å². The fraction of sp³-hybridized carbons (Fsp3) is 0.412. The van der Waals surface area contributed by atoms with E-state index < -0.39 is 6.04 Å². The van der Waals surface area contributed by atoms with Crippen molar-refractivity contribution in [2.45, 2.75) is 26.8 Å². The van der Waals surface area contributed by atoms with Crippen LogP contribution in [0.3, 0.4) is 0 Å². The van der Waals surface area contributed by atoms with Gasteiger partial charge in [0.05, 0.1) is 7.11 Å². The second-order valence-corrected chi connectivity index (χ2v) is 5.48. The van der Waals surface area contributed by atoms with Crippen LogP contribution in [0.1, 0.15) is 26.3 Å². The lowest BCUT2D eigenvalue weighted by molar-refractivity contribution is -0.126. The van der Waals surface area contributed by atoms with Gasteiger partial charge in [-0.1, -0.05) is 26.0 Å². The molecule has 1 aromatic rings. The average molecular weight is 304 g/mol. The molecule has 0 saturated carbocycles. The lowest BCUT2D eigenvalue weighted by atomic mass is 10.2. The Balaban J connectivity index is 2.47. The third-order valence-electron chi connectivity index (χ3n) is 2.98. The summed E-state index contributed by atoms with van der Waals surface area (Å²) in [6.07, 6.45) is 3.10. The van der Waals surface area contributed by atoms with Crippen LogP contribution in [-0.2, 0) is 9.59 Å². The summed E-state index contributed by atoms with van der Waals surface area (Å²) in [6, 6.07) is 6.77. The van der Waals surface area contributed by atoms with E-state index in [-0.39, 0.29) is 11.8 Å². The first-order valence-corrected chi connectivity index (χ1v) is 7.32. The van der Waals surface area contributed by atoms with Crippen molar-refractivity contribution in [3.05, 3.63) is 35.9 Å². The number of rotatable bonds is 7. The van der Waals surface area contributed by atoms with Gasteiger partial charge in [-0.25, -0.2) is 0 Å². The van der Waals surface area contributed by atoms with E-state index in [1.807, 2.05) is 38.1 Å². The highest BCUT2D eigenvalue weighted by atomic mass is 16.5. The van der Waals surface area contributed by atoms with Crippen LogP contribution in [0, 0.1) is 5.92 Å². The molecule has 0 aliphatic rings. The first-order chi connectivity index (χ1) is 10.4. The lowest BCUT2D eigenvalue weighted by Gasteiger charge is -2.14. The summed E-state index contributed by atoms with van der Waals surface area (Å²) >= 11 is 0. The van der Waals surface area contributed by atoms with E-state index in [1.165, 1.54) is 6.08 Å². The smallest absolute Gasteiger partial charge is 0.244 e. The van der Waals surface area contributed by atoms with Gasteiger partial charge in [-0.05, 0) is 36.6 Å². The zero-order chi connectivity index (χ0) is 16.5. The van der Waals surface area contributed by atoms with Gasteiger partial charge in [0.15, 0.2) is 0 Å². The Morgan fingerprint density at radius 3 is 2.36 bits per heavy atom. The average Bonchev–Trinajstić information content (AvgIpc) is 2.50. The molecule has 0 aliphatic carbocycles. The SMILES string of the molecule is COc1ccc(C=CC(=O)NC(C)C(=O)NCC(C)C)cc1. The van der Waals surface area contributed by atoms with Crippen molar-refractivity contribution < 1.29 is 14.3 Å². The van der Waals surface area contributed by atoms with Crippen LogP contribution < -0.4 is 15.4 Å². The third kappa shape index (κ3) is 6.43. The Morgan fingerprint density at radius 1 is 1.18 bits per heavy atom. The molecule has 0 bridgehead atoms. The van der Waals surface area contributed by atoms with Gasteiger partial charge in [-0.3, -0.25) is 9.59 Å². The Morgan fingerprint density at radius 2 is 1.82 bits per heavy atom. The van der Waals surface area contributed by atoms with Crippen LogP contribution in [0.4, 0.5) is 0 Å². The molecule has 0 aromatic heterocycles. The first-order valence-electron chi connectivity index (χ1n) is 7.32. The second-order valence-electron chi connectivity index (χ2n) is 5.48. The predicted molar refractivity (Wildman–Crippen MR) is 87.5 cm³/mol. The molecule has 1 rings (SSSR count). The quantitative estimate of drug-likeness (QED) is 0.757. The van der Waals surface area contributed by atoms with Gasteiger partial charge >= 0.3 is 0 Å². The molecule has 0 spiro atoms. The highest BCUT2D eigenvalue weighted by Gasteiger charge is 2.13. The summed E-state index contributed by atoms with van der Waals surface area (Å²) < 4.78 is 5.07. The minimum atomic E-state index is -0.563. The van der Waals surface area contributed by atoms with Gasteiger partial charge in [0.25, 0.3) is 0 Å². The molecule has 5 nitrogen and oxygen atoms in total. The van der Waals surface area contributed by atoms with Crippen LogP contribution >= 0.6 is 0 Å². The predicted octanol–water partition coefficient (Wildman–Crippen LogP) is 1.99. The number of carbonyl (C=O) groups is 2. The maximum absolute atomic E-state index is 11.8. The molecule has 0 aliphatic heterocycles. The number of methoxy groups -OCH3 is 1. The first kappa shape index (κ1) is 17.8. The lowest BCUT2D eigenvalue weighted by Crippen LogP contribution is -2.45. The number of hydrogen-bond donors (Lipinski definition) is 2. The molecule has 1 aromatic carbocycles. The Bertz CT molecular complexity index is 521. The highest BCUT2D eigenvalue weighted by molar-refractivity contribution is 5.95. The fourth-order valence-corrected chi connectivity index (χ4v) is 1.67. The van der Waals surface area contributed by atoms with E-state index in [4.69, 9.17) is 4.74 Å². The third-order valence-corrected chi connectivity index (χ3v) is 2.98. The molecule has 0 heterocycles. The summed E-state index contributed by atoms with van der Waals surface area (Å²) in [4.78, 5) is 23.6. The molecule has 0 saturated heterocycles. The molecule has 120 valence electrons. The van der Waals surface area contributed by atoms with Crippen molar-refractivity contribution in [3.8, 4) is 5.75 Å². The maximum atomic E-state index is 11.8. The van der Waals surface area contributed by atoms with E-state index in [1.54, 1.807) is 20.1 Å². The van der Waals surface area contributed by atoms with Gasteiger partial charge in [-0.2, -0.15) is 0 Å². The summed E-state index contributed by atoms with van der Waals surface area (Å²) in [5, 5.41) is 5.42. The number of benzene rings is 1. The van der Waals surface area contributed by atoms with Crippen molar-refractivity contribution >= 4 is 17.9 Å². The summed E-state index contributed by atoms with van der Waals surface area (Å²) in [7, 11) is 1.60. The molecule has 1 unspecified atom stereocenters. The standard InChI is InChI=1S/C17H24N2O3/c1-12(2)11-18-17(21)13(3)19-16(20)10-7-14-5-8-15(22-4)9-6-14/h5-10,12-13H,11H2,1-4H3,(H,18,21)(H,19,20). The van der Waals surface area contributed by atoms with Crippen LogP contribution in [0.15, 0.2) is 30.3 Å². The monoisotopic (exact) mass is 304 g/mol. The topological polar surface area (TPSA) is 67.4 Å². The minimum Gasteiger partial charge on any atom is -0.497 e. The highest BCUT2D eigenvalue weighted by Crippen LogP contribution is 2.12. The normalized spacial score (nSPS) is 12.2. The van der Waals surface area contributed by atoms with Gasteiger partial charge in [0.1, 0.15) is 11.8 Å². The molecule has 2 N–H and O–H groups in total. The Kier molecular flexibility index (Phi) is 7.16. The van der Waals surface area contributed by atoms with E-state index in [0.717, 1.165) is 11.3 Å². The molecular weight excluding hydrogens is 280 g/mol. The summed E-state index contributed by atoms with van der Waals surface area (Å²) in [5.41, 5.74) is 0.882. The van der Waals surface area contributed by atoms with Gasteiger partial charge in [-0.15, -0.1) is 0 Å². The molecule has 2 amide bonds. The summed E-state index contributed by atoms with van der Waals surface area (Å²) in [5.74, 6) is 0.654. The van der Waals surface area contributed by atoms with Crippen molar-refractivity contribution in [1.29, 1.82) is 0 Å². The number of amides is 2. The van der Waals surface area contributed by atoms with E-state index in [0.29, 0.717) is 12.5 Å². The van der Waals surface area contributed by atoms with Crippen LogP contribution in [0.2, 0.25) is 0 Å². The van der Waals surface area contributed by atoms with E-state index in [9.17, 15) is 9.59 Å². The number of carbonyl (C=O) groups excluding carboxylic acids is 2. The van der Waals surface area contributed by atoms with Crippen molar-refractivity contribution in [3.63, 3.8) is 0 Å². The second kappa shape index (κ2) is 8.87. The van der Waals surface area contributed by atoms with Gasteiger partial charge < -0.3 is 15.4 Å². The zero-order valence-corrected chi connectivity index (χ0v) is 13.6. The number of ether oxygens (including phenoxy) is 1. The largest absolute Gasteiger partial charge is 0.497 e. The maximum Gasteiger partial charge on any atom is 0.244 e.